The number of para-hydroxylation sites is 1. The molecule has 3 aromatic carbocycles. The number of nitrogens with two attached hydrogens (primary N) is 1. The molecule has 1 heterocycles. The third-order valence-electron chi connectivity index (χ3n) is 4.52. The molecule has 0 aliphatic carbocycles. The summed E-state index contributed by atoms with van der Waals surface area (Å²) in [6.45, 7) is 0.422. The van der Waals surface area contributed by atoms with Crippen molar-refractivity contribution in [2.24, 2.45) is 5.10 Å². The van der Waals surface area contributed by atoms with Crippen LogP contribution in [0.5, 0.6) is 5.75 Å². The van der Waals surface area contributed by atoms with Crippen LogP contribution in [-0.2, 0) is 12.4 Å². The van der Waals surface area contributed by atoms with Gasteiger partial charge in [0, 0.05) is 20.8 Å². The molecule has 10 heteroatoms. The van der Waals surface area contributed by atoms with E-state index in [2.05, 4.69) is 42.7 Å². The van der Waals surface area contributed by atoms with Crippen molar-refractivity contribution in [1.29, 1.82) is 0 Å². The van der Waals surface area contributed by atoms with Crippen LogP contribution < -0.4 is 16.0 Å². The normalized spacial score (nSPS) is 11.1. The van der Waals surface area contributed by atoms with Crippen LogP contribution >= 0.6 is 39.3 Å². The van der Waals surface area contributed by atoms with Gasteiger partial charge in [-0.1, -0.05) is 75.7 Å². The van der Waals surface area contributed by atoms with Gasteiger partial charge in [-0.25, -0.2) is 10.1 Å². The Labute approximate surface area is 209 Å². The van der Waals surface area contributed by atoms with Crippen molar-refractivity contribution >= 4 is 51.5 Å². The molecular weight excluding hydrogens is 524 g/mol. The van der Waals surface area contributed by atoms with Crippen molar-refractivity contribution in [2.75, 3.05) is 11.3 Å². The van der Waals surface area contributed by atoms with E-state index in [1.54, 1.807) is 6.21 Å². The second kappa shape index (κ2) is 11.2. The molecule has 0 amide bonds. The highest BCUT2D eigenvalue weighted by molar-refractivity contribution is 9.10. The van der Waals surface area contributed by atoms with Crippen LogP contribution in [0.4, 0.5) is 5.95 Å². The lowest BCUT2D eigenvalue weighted by Crippen LogP contribution is -2.13. The molecule has 0 aliphatic heterocycles. The number of hydrazone groups is 1. The number of nitrogens with one attached hydrogen (secondary N) is 1. The molecule has 0 saturated heterocycles. The molecular formula is C23H20BrClN6OS. The van der Waals surface area contributed by atoms with Crippen molar-refractivity contribution in [3.8, 4) is 5.75 Å². The number of benzene rings is 3. The first-order chi connectivity index (χ1) is 16.1. The Morgan fingerprint density at radius 1 is 1.06 bits per heavy atom. The van der Waals surface area contributed by atoms with Gasteiger partial charge in [-0.2, -0.15) is 5.10 Å². The predicted molar refractivity (Wildman–Crippen MR) is 137 cm³/mol. The highest BCUT2D eigenvalue weighted by Crippen LogP contribution is 2.23. The van der Waals surface area contributed by atoms with E-state index in [4.69, 9.17) is 22.2 Å². The second-order valence-corrected chi connectivity index (χ2v) is 9.21. The number of anilines is 1. The molecule has 0 fully saturated rings. The summed E-state index contributed by atoms with van der Waals surface area (Å²) in [5, 5.41) is 13.7. The minimum Gasteiger partial charge on any atom is -0.488 e. The number of ether oxygens (including phenoxy) is 1. The lowest BCUT2D eigenvalue weighted by atomic mass is 10.2. The summed E-state index contributed by atoms with van der Waals surface area (Å²) in [6.07, 6.45) is 1.65. The summed E-state index contributed by atoms with van der Waals surface area (Å²) in [4.78, 5) is 0. The molecule has 168 valence electrons. The molecule has 7 nitrogen and oxygen atoms in total. The van der Waals surface area contributed by atoms with Crippen LogP contribution in [0.3, 0.4) is 0 Å². The van der Waals surface area contributed by atoms with E-state index in [1.807, 2.05) is 66.7 Å². The van der Waals surface area contributed by atoms with Gasteiger partial charge in [0.1, 0.15) is 12.4 Å². The van der Waals surface area contributed by atoms with Crippen molar-refractivity contribution < 1.29 is 4.74 Å². The fraction of sp³-hybridized carbons (Fsp3) is 0.0870. The van der Waals surface area contributed by atoms with Gasteiger partial charge in [0.05, 0.1) is 6.21 Å². The highest BCUT2D eigenvalue weighted by Gasteiger charge is 2.10. The predicted octanol–water partition coefficient (Wildman–Crippen LogP) is 5.73. The van der Waals surface area contributed by atoms with Crippen LogP contribution in [0, 0.1) is 0 Å². The van der Waals surface area contributed by atoms with Crippen molar-refractivity contribution in [3.63, 3.8) is 0 Å². The quantitative estimate of drug-likeness (QED) is 0.121. The van der Waals surface area contributed by atoms with Gasteiger partial charge >= 0.3 is 0 Å². The zero-order chi connectivity index (χ0) is 23.0. The molecule has 4 rings (SSSR count). The summed E-state index contributed by atoms with van der Waals surface area (Å²) in [7, 11) is 0. The van der Waals surface area contributed by atoms with Gasteiger partial charge < -0.3 is 10.6 Å². The number of hydrogen-bond acceptors (Lipinski definition) is 7. The van der Waals surface area contributed by atoms with Gasteiger partial charge in [0.25, 0.3) is 5.95 Å². The summed E-state index contributed by atoms with van der Waals surface area (Å²) in [5.41, 5.74) is 5.83. The standard InChI is InChI=1S/C23H20BrClN6OS/c24-19-6-3-4-17(12-19)15-33-23-30-29-22(31(23)26)28-27-13-18-5-1-2-7-21(18)32-14-16-8-10-20(25)11-9-16/h1-13H,14-15,26H2,(H,28,29)/b27-13+. The Morgan fingerprint density at radius 3 is 2.70 bits per heavy atom. The number of rotatable bonds is 9. The molecule has 3 N–H and O–H groups in total. The Bertz CT molecular complexity index is 1250. The first-order valence-electron chi connectivity index (χ1n) is 9.91. The molecule has 0 bridgehead atoms. The zero-order valence-corrected chi connectivity index (χ0v) is 20.5. The lowest BCUT2D eigenvalue weighted by Gasteiger charge is -2.09. The molecule has 1 aromatic heterocycles. The van der Waals surface area contributed by atoms with E-state index in [0.29, 0.717) is 28.5 Å². The average molecular weight is 544 g/mol. The summed E-state index contributed by atoms with van der Waals surface area (Å²) >= 11 is 10.9. The highest BCUT2D eigenvalue weighted by atomic mass is 79.9. The minimum absolute atomic E-state index is 0.336. The summed E-state index contributed by atoms with van der Waals surface area (Å²) in [5.74, 6) is 7.88. The number of aromatic nitrogens is 3. The van der Waals surface area contributed by atoms with E-state index in [1.165, 1.54) is 16.4 Å². The third kappa shape index (κ3) is 6.50. The average Bonchev–Trinajstić information content (AvgIpc) is 3.17. The smallest absolute Gasteiger partial charge is 0.264 e. The fourth-order valence-corrected chi connectivity index (χ4v) is 4.22. The maximum Gasteiger partial charge on any atom is 0.264 e. The maximum atomic E-state index is 6.12. The SMILES string of the molecule is Nn1c(N/N=C/c2ccccc2OCc2ccc(Cl)cc2)nnc1SCc1cccc(Br)c1. The van der Waals surface area contributed by atoms with Crippen LogP contribution in [0.2, 0.25) is 5.02 Å². The molecule has 0 saturated carbocycles. The molecule has 0 spiro atoms. The maximum absolute atomic E-state index is 6.12. The third-order valence-corrected chi connectivity index (χ3v) is 6.28. The van der Waals surface area contributed by atoms with E-state index >= 15 is 0 Å². The Kier molecular flexibility index (Phi) is 7.87. The van der Waals surface area contributed by atoms with Crippen molar-refractivity contribution in [3.05, 3.63) is 99.0 Å². The first kappa shape index (κ1) is 23.2. The van der Waals surface area contributed by atoms with Crippen LogP contribution in [-0.4, -0.2) is 21.1 Å². The second-order valence-electron chi connectivity index (χ2n) is 6.92. The van der Waals surface area contributed by atoms with Crippen LogP contribution in [0.15, 0.2) is 87.5 Å². The van der Waals surface area contributed by atoms with Gasteiger partial charge in [0.15, 0.2) is 0 Å². The molecule has 0 unspecified atom stereocenters. The molecule has 0 aliphatic rings. The zero-order valence-electron chi connectivity index (χ0n) is 17.4. The van der Waals surface area contributed by atoms with E-state index < -0.39 is 0 Å². The van der Waals surface area contributed by atoms with Gasteiger partial charge in [0.2, 0.25) is 5.16 Å². The molecule has 4 aromatic rings. The topological polar surface area (TPSA) is 90.3 Å². The van der Waals surface area contributed by atoms with Crippen molar-refractivity contribution in [2.45, 2.75) is 17.5 Å². The van der Waals surface area contributed by atoms with E-state index in [0.717, 1.165) is 26.9 Å². The Hall–Kier alpha value is -3.01. The Morgan fingerprint density at radius 2 is 1.88 bits per heavy atom. The number of nitrogen functional groups attached to an aromatic ring is 1. The largest absolute Gasteiger partial charge is 0.488 e. The first-order valence-corrected chi connectivity index (χ1v) is 12.1. The van der Waals surface area contributed by atoms with Gasteiger partial charge in [-0.3, -0.25) is 0 Å². The number of nitrogens with zero attached hydrogens (tertiary/aromatic N) is 4. The van der Waals surface area contributed by atoms with Crippen LogP contribution in [0.25, 0.3) is 0 Å². The number of thioether (sulfide) groups is 1. The molecule has 33 heavy (non-hydrogen) atoms. The summed E-state index contributed by atoms with van der Waals surface area (Å²) < 4.78 is 8.36. The van der Waals surface area contributed by atoms with Gasteiger partial charge in [-0.15, -0.1) is 10.2 Å². The van der Waals surface area contributed by atoms with Gasteiger partial charge in [-0.05, 0) is 47.5 Å². The van der Waals surface area contributed by atoms with E-state index in [9.17, 15) is 0 Å². The van der Waals surface area contributed by atoms with Crippen molar-refractivity contribution in [1.82, 2.24) is 14.9 Å². The lowest BCUT2D eigenvalue weighted by molar-refractivity contribution is 0.306. The monoisotopic (exact) mass is 542 g/mol. The fourth-order valence-electron chi connectivity index (χ4n) is 2.85. The molecule has 0 atom stereocenters. The Balaban J connectivity index is 1.36. The number of halogens is 2. The number of hydrogen-bond donors (Lipinski definition) is 2. The molecule has 0 radical (unpaired) electrons. The van der Waals surface area contributed by atoms with Crippen LogP contribution in [0.1, 0.15) is 16.7 Å². The van der Waals surface area contributed by atoms with E-state index in [-0.39, 0.29) is 0 Å². The summed E-state index contributed by atoms with van der Waals surface area (Å²) in [6, 6.07) is 23.2. The minimum atomic E-state index is 0.336.